The summed E-state index contributed by atoms with van der Waals surface area (Å²) in [6.45, 7) is 5.33. The molecule has 16 heavy (non-hydrogen) atoms. The SMILES string of the molecule is CC(C)C1CC(CN)(Nc2ccccc2)C1. The molecular weight excluding hydrogens is 196 g/mol. The Bertz CT molecular complexity index is 326. The highest BCUT2D eigenvalue weighted by Gasteiger charge is 2.44. The Morgan fingerprint density at radius 2 is 1.94 bits per heavy atom. The van der Waals surface area contributed by atoms with Crippen molar-refractivity contribution in [2.24, 2.45) is 17.6 Å². The molecule has 88 valence electrons. The first-order chi connectivity index (χ1) is 7.65. The van der Waals surface area contributed by atoms with Gasteiger partial charge in [-0.2, -0.15) is 0 Å². The van der Waals surface area contributed by atoms with Crippen LogP contribution >= 0.6 is 0 Å². The molecule has 0 aromatic heterocycles. The van der Waals surface area contributed by atoms with E-state index in [4.69, 9.17) is 5.73 Å². The first-order valence-electron chi connectivity index (χ1n) is 6.18. The van der Waals surface area contributed by atoms with Crippen LogP contribution in [0.1, 0.15) is 26.7 Å². The smallest absolute Gasteiger partial charge is 0.0501 e. The summed E-state index contributed by atoms with van der Waals surface area (Å²) in [7, 11) is 0. The maximum atomic E-state index is 5.92. The summed E-state index contributed by atoms with van der Waals surface area (Å²) in [5, 5.41) is 3.60. The minimum absolute atomic E-state index is 0.149. The quantitative estimate of drug-likeness (QED) is 0.815. The molecule has 0 aliphatic heterocycles. The summed E-state index contributed by atoms with van der Waals surface area (Å²) in [5.74, 6) is 1.61. The van der Waals surface area contributed by atoms with E-state index in [9.17, 15) is 0 Å². The van der Waals surface area contributed by atoms with Crippen molar-refractivity contribution in [1.29, 1.82) is 0 Å². The van der Waals surface area contributed by atoms with E-state index in [1.807, 2.05) is 6.07 Å². The van der Waals surface area contributed by atoms with E-state index in [1.165, 1.54) is 18.5 Å². The molecule has 0 heterocycles. The van der Waals surface area contributed by atoms with Gasteiger partial charge in [0.15, 0.2) is 0 Å². The lowest BCUT2D eigenvalue weighted by Gasteiger charge is -2.50. The predicted molar refractivity (Wildman–Crippen MR) is 69.4 cm³/mol. The Balaban J connectivity index is 1.98. The van der Waals surface area contributed by atoms with Gasteiger partial charge in [0, 0.05) is 12.2 Å². The van der Waals surface area contributed by atoms with Crippen LogP contribution in [0.3, 0.4) is 0 Å². The second-order valence-corrected chi connectivity index (χ2v) is 5.39. The van der Waals surface area contributed by atoms with Crippen LogP contribution in [0.2, 0.25) is 0 Å². The molecule has 2 heteroatoms. The Labute approximate surface area is 98.2 Å². The molecule has 0 radical (unpaired) electrons. The van der Waals surface area contributed by atoms with E-state index in [0.29, 0.717) is 0 Å². The van der Waals surface area contributed by atoms with Crippen molar-refractivity contribution in [3.8, 4) is 0 Å². The molecule has 0 atom stereocenters. The maximum absolute atomic E-state index is 5.92. The molecule has 0 saturated heterocycles. The summed E-state index contributed by atoms with van der Waals surface area (Å²) in [6, 6.07) is 10.4. The molecule has 2 nitrogen and oxygen atoms in total. The zero-order valence-electron chi connectivity index (χ0n) is 10.2. The van der Waals surface area contributed by atoms with Crippen LogP contribution in [0.5, 0.6) is 0 Å². The molecule has 1 saturated carbocycles. The Kier molecular flexibility index (Phi) is 3.20. The molecule has 3 N–H and O–H groups in total. The van der Waals surface area contributed by atoms with Gasteiger partial charge in [-0.3, -0.25) is 0 Å². The lowest BCUT2D eigenvalue weighted by molar-refractivity contribution is 0.130. The standard InChI is InChI=1S/C14H22N2/c1-11(2)12-8-14(9-12,10-15)16-13-6-4-3-5-7-13/h3-7,11-12,16H,8-10,15H2,1-2H3. The molecule has 0 unspecified atom stereocenters. The average Bonchev–Trinajstić information content (AvgIpc) is 2.24. The Morgan fingerprint density at radius 3 is 2.44 bits per heavy atom. The van der Waals surface area contributed by atoms with Crippen LogP contribution in [0.25, 0.3) is 0 Å². The van der Waals surface area contributed by atoms with Gasteiger partial charge in [0.1, 0.15) is 0 Å². The van der Waals surface area contributed by atoms with Gasteiger partial charge in [0.25, 0.3) is 0 Å². The van der Waals surface area contributed by atoms with Crippen LogP contribution in [0, 0.1) is 11.8 Å². The van der Waals surface area contributed by atoms with Crippen molar-refractivity contribution in [1.82, 2.24) is 0 Å². The Hall–Kier alpha value is -1.02. The van der Waals surface area contributed by atoms with Crippen molar-refractivity contribution >= 4 is 5.69 Å². The summed E-state index contributed by atoms with van der Waals surface area (Å²) < 4.78 is 0. The Morgan fingerprint density at radius 1 is 1.31 bits per heavy atom. The van der Waals surface area contributed by atoms with Gasteiger partial charge in [-0.25, -0.2) is 0 Å². The van der Waals surface area contributed by atoms with Gasteiger partial charge in [-0.15, -0.1) is 0 Å². The highest BCUT2D eigenvalue weighted by Crippen LogP contribution is 2.43. The van der Waals surface area contributed by atoms with Gasteiger partial charge in [0.05, 0.1) is 5.54 Å². The number of hydrogen-bond donors (Lipinski definition) is 2. The number of rotatable bonds is 4. The summed E-state index contributed by atoms with van der Waals surface area (Å²) in [6.07, 6.45) is 2.41. The third-order valence-corrected chi connectivity index (χ3v) is 3.82. The third kappa shape index (κ3) is 2.22. The lowest BCUT2D eigenvalue weighted by atomic mass is 9.64. The maximum Gasteiger partial charge on any atom is 0.0501 e. The number of benzene rings is 1. The van der Waals surface area contributed by atoms with Crippen LogP contribution in [-0.4, -0.2) is 12.1 Å². The number of nitrogens with one attached hydrogen (secondary N) is 1. The number of anilines is 1. The van der Waals surface area contributed by atoms with Gasteiger partial charge < -0.3 is 11.1 Å². The summed E-state index contributed by atoms with van der Waals surface area (Å²) in [4.78, 5) is 0. The van der Waals surface area contributed by atoms with E-state index >= 15 is 0 Å². The molecule has 1 aliphatic rings. The highest BCUT2D eigenvalue weighted by molar-refractivity contribution is 5.46. The third-order valence-electron chi connectivity index (χ3n) is 3.82. The summed E-state index contributed by atoms with van der Waals surface area (Å²) in [5.41, 5.74) is 7.26. The normalized spacial score (nSPS) is 28.9. The van der Waals surface area contributed by atoms with Gasteiger partial charge >= 0.3 is 0 Å². The molecule has 1 aromatic carbocycles. The van der Waals surface area contributed by atoms with Crippen molar-refractivity contribution in [3.63, 3.8) is 0 Å². The zero-order chi connectivity index (χ0) is 11.6. The van der Waals surface area contributed by atoms with Gasteiger partial charge in [-0.05, 0) is 36.8 Å². The first-order valence-corrected chi connectivity index (χ1v) is 6.18. The van der Waals surface area contributed by atoms with Crippen LogP contribution in [0.4, 0.5) is 5.69 Å². The average molecular weight is 218 g/mol. The molecular formula is C14H22N2. The van der Waals surface area contributed by atoms with Gasteiger partial charge in [-0.1, -0.05) is 32.0 Å². The monoisotopic (exact) mass is 218 g/mol. The molecule has 0 bridgehead atoms. The number of nitrogens with two attached hydrogens (primary N) is 1. The largest absolute Gasteiger partial charge is 0.378 e. The predicted octanol–water partition coefficient (Wildman–Crippen LogP) is 2.86. The molecule has 2 rings (SSSR count). The van der Waals surface area contributed by atoms with E-state index in [1.54, 1.807) is 0 Å². The van der Waals surface area contributed by atoms with Crippen LogP contribution < -0.4 is 11.1 Å². The van der Waals surface area contributed by atoms with Crippen molar-refractivity contribution in [3.05, 3.63) is 30.3 Å². The van der Waals surface area contributed by atoms with Gasteiger partial charge in [0.2, 0.25) is 0 Å². The number of para-hydroxylation sites is 1. The molecule has 0 spiro atoms. The van der Waals surface area contributed by atoms with Crippen LogP contribution in [-0.2, 0) is 0 Å². The molecule has 1 fully saturated rings. The molecule has 1 aliphatic carbocycles. The molecule has 0 amide bonds. The number of hydrogen-bond acceptors (Lipinski definition) is 2. The van der Waals surface area contributed by atoms with Crippen molar-refractivity contribution in [2.75, 3.05) is 11.9 Å². The van der Waals surface area contributed by atoms with E-state index < -0.39 is 0 Å². The second kappa shape index (κ2) is 4.46. The minimum Gasteiger partial charge on any atom is -0.378 e. The van der Waals surface area contributed by atoms with Crippen molar-refractivity contribution < 1.29 is 0 Å². The van der Waals surface area contributed by atoms with Crippen LogP contribution in [0.15, 0.2) is 30.3 Å². The lowest BCUT2D eigenvalue weighted by Crippen LogP contribution is -2.56. The first kappa shape index (κ1) is 11.5. The second-order valence-electron chi connectivity index (χ2n) is 5.39. The van der Waals surface area contributed by atoms with E-state index in [-0.39, 0.29) is 5.54 Å². The van der Waals surface area contributed by atoms with Crippen molar-refractivity contribution in [2.45, 2.75) is 32.2 Å². The molecule has 1 aromatic rings. The minimum atomic E-state index is 0.149. The van der Waals surface area contributed by atoms with E-state index in [2.05, 4.69) is 43.4 Å². The van der Waals surface area contributed by atoms with E-state index in [0.717, 1.165) is 18.4 Å². The summed E-state index contributed by atoms with van der Waals surface area (Å²) >= 11 is 0. The zero-order valence-corrected chi connectivity index (χ0v) is 10.2. The fourth-order valence-corrected chi connectivity index (χ4v) is 2.56. The topological polar surface area (TPSA) is 38.0 Å². The fraction of sp³-hybridized carbons (Fsp3) is 0.571. The fourth-order valence-electron chi connectivity index (χ4n) is 2.56. The highest BCUT2D eigenvalue weighted by atomic mass is 15.0.